The third kappa shape index (κ3) is 4.02. The maximum absolute atomic E-state index is 12.9. The number of hydrogen-bond donors (Lipinski definition) is 2. The minimum atomic E-state index is -1.33. The summed E-state index contributed by atoms with van der Waals surface area (Å²) in [5, 5.41) is 5.47. The minimum Gasteiger partial charge on any atom is -0.350 e. The summed E-state index contributed by atoms with van der Waals surface area (Å²) in [5.74, 6) is -2.83. The van der Waals surface area contributed by atoms with E-state index in [9.17, 15) is 14.4 Å². The number of nitrogens with one attached hydrogen (secondary N) is 2. The van der Waals surface area contributed by atoms with E-state index in [1.165, 1.54) is 11.3 Å². The number of amides is 2. The van der Waals surface area contributed by atoms with Crippen molar-refractivity contribution < 1.29 is 14.4 Å². The Morgan fingerprint density at radius 3 is 2.60 bits per heavy atom. The molecule has 1 aromatic carbocycles. The first-order chi connectivity index (χ1) is 14.5. The number of hydrogen-bond acceptors (Lipinski definition) is 5. The summed E-state index contributed by atoms with van der Waals surface area (Å²) >= 11 is 1.51. The van der Waals surface area contributed by atoms with Crippen LogP contribution in [0.15, 0.2) is 66.9 Å². The monoisotopic (exact) mass is 419 g/mol. The van der Waals surface area contributed by atoms with Crippen LogP contribution in [0, 0.1) is 5.92 Å². The van der Waals surface area contributed by atoms with Gasteiger partial charge in [0, 0.05) is 17.5 Å². The molecule has 152 valence electrons. The van der Waals surface area contributed by atoms with E-state index in [2.05, 4.69) is 15.6 Å². The van der Waals surface area contributed by atoms with Gasteiger partial charge >= 0.3 is 0 Å². The average molecular weight is 420 g/mol. The highest BCUT2D eigenvalue weighted by Crippen LogP contribution is 2.27. The second-order valence-electron chi connectivity index (χ2n) is 7.48. The van der Waals surface area contributed by atoms with Crippen molar-refractivity contribution in [2.45, 2.75) is 25.4 Å². The Kier molecular flexibility index (Phi) is 5.46. The smallest absolute Gasteiger partial charge is 0.241 e. The lowest BCUT2D eigenvalue weighted by Gasteiger charge is -2.22. The topological polar surface area (TPSA) is 88.2 Å². The first kappa shape index (κ1) is 20.0. The van der Waals surface area contributed by atoms with Crippen molar-refractivity contribution in [1.29, 1.82) is 0 Å². The van der Waals surface area contributed by atoms with E-state index >= 15 is 0 Å². The van der Waals surface area contributed by atoms with Crippen LogP contribution in [0.1, 0.15) is 17.4 Å². The lowest BCUT2D eigenvalue weighted by molar-refractivity contribution is -0.138. The normalized spacial score (nSPS) is 20.8. The number of thiophene rings is 1. The van der Waals surface area contributed by atoms with Crippen LogP contribution in [0.5, 0.6) is 0 Å². The SMILES string of the molecule is CC1(Cc2ccccc2)NC(=O)C(C(=O)NCc2ccc(-c3ccccn3)s2)C1=O. The van der Waals surface area contributed by atoms with Gasteiger partial charge in [-0.15, -0.1) is 11.3 Å². The summed E-state index contributed by atoms with van der Waals surface area (Å²) in [5.41, 5.74) is 0.702. The van der Waals surface area contributed by atoms with Gasteiger partial charge in [0.2, 0.25) is 11.8 Å². The summed E-state index contributed by atoms with van der Waals surface area (Å²) in [6.45, 7) is 1.93. The molecule has 0 spiro atoms. The predicted molar refractivity (Wildman–Crippen MR) is 115 cm³/mol. The first-order valence-electron chi connectivity index (χ1n) is 9.64. The summed E-state index contributed by atoms with van der Waals surface area (Å²) in [4.78, 5) is 44.2. The molecular weight excluding hydrogens is 398 g/mol. The molecular formula is C23H21N3O3S. The van der Waals surface area contributed by atoms with Crippen LogP contribution >= 0.6 is 11.3 Å². The second-order valence-corrected chi connectivity index (χ2v) is 8.65. The number of aromatic nitrogens is 1. The van der Waals surface area contributed by atoms with Crippen LogP contribution in [0.3, 0.4) is 0 Å². The standard InChI is InChI=1S/C23H21N3O3S/c1-23(13-15-7-3-2-4-8-15)20(27)19(22(29)26-23)21(28)25-14-16-10-11-18(30-16)17-9-5-6-12-24-17/h2-12,19H,13-14H2,1H3,(H,25,28)(H,26,29). The minimum absolute atomic E-state index is 0.253. The number of pyridine rings is 1. The zero-order valence-electron chi connectivity index (χ0n) is 16.4. The second kappa shape index (κ2) is 8.20. The van der Waals surface area contributed by atoms with E-state index in [0.717, 1.165) is 21.0 Å². The zero-order chi connectivity index (χ0) is 21.1. The van der Waals surface area contributed by atoms with Crippen molar-refractivity contribution in [1.82, 2.24) is 15.6 Å². The van der Waals surface area contributed by atoms with Crippen molar-refractivity contribution in [3.05, 3.63) is 77.3 Å². The van der Waals surface area contributed by atoms with Gasteiger partial charge in [-0.2, -0.15) is 0 Å². The molecule has 2 atom stereocenters. The molecule has 0 saturated carbocycles. The highest BCUT2D eigenvalue weighted by atomic mass is 32.1. The van der Waals surface area contributed by atoms with Crippen LogP contribution in [-0.2, 0) is 27.3 Å². The van der Waals surface area contributed by atoms with Gasteiger partial charge in [-0.05, 0) is 36.8 Å². The van der Waals surface area contributed by atoms with E-state index in [-0.39, 0.29) is 6.54 Å². The van der Waals surface area contributed by atoms with Gasteiger partial charge in [-0.25, -0.2) is 0 Å². The lowest BCUT2D eigenvalue weighted by Crippen LogP contribution is -2.46. The number of nitrogens with zero attached hydrogens (tertiary/aromatic N) is 1. The van der Waals surface area contributed by atoms with E-state index in [4.69, 9.17) is 0 Å². The van der Waals surface area contributed by atoms with Crippen molar-refractivity contribution in [3.8, 4) is 10.6 Å². The van der Waals surface area contributed by atoms with Gasteiger partial charge in [0.1, 0.15) is 5.54 Å². The molecule has 0 aliphatic carbocycles. The fourth-order valence-electron chi connectivity index (χ4n) is 3.61. The molecule has 2 aromatic heterocycles. The molecule has 6 nitrogen and oxygen atoms in total. The van der Waals surface area contributed by atoms with Crippen LogP contribution in [0.4, 0.5) is 0 Å². The number of benzene rings is 1. The molecule has 30 heavy (non-hydrogen) atoms. The molecule has 3 heterocycles. The van der Waals surface area contributed by atoms with Crippen LogP contribution in [0.25, 0.3) is 10.6 Å². The van der Waals surface area contributed by atoms with Gasteiger partial charge in [0.15, 0.2) is 11.7 Å². The highest BCUT2D eigenvalue weighted by molar-refractivity contribution is 7.15. The van der Waals surface area contributed by atoms with Gasteiger partial charge in [0.05, 0.1) is 17.1 Å². The van der Waals surface area contributed by atoms with E-state index in [1.807, 2.05) is 60.7 Å². The molecule has 1 fully saturated rings. The Labute approximate surface area is 178 Å². The molecule has 0 radical (unpaired) electrons. The summed E-state index contributed by atoms with van der Waals surface area (Å²) in [6.07, 6.45) is 2.08. The molecule has 1 saturated heterocycles. The lowest BCUT2D eigenvalue weighted by atomic mass is 9.86. The molecule has 0 bridgehead atoms. The Hall–Kier alpha value is -3.32. The Morgan fingerprint density at radius 1 is 1.10 bits per heavy atom. The summed E-state index contributed by atoms with van der Waals surface area (Å²) in [7, 11) is 0. The maximum atomic E-state index is 12.9. The van der Waals surface area contributed by atoms with E-state index in [1.54, 1.807) is 13.1 Å². The largest absolute Gasteiger partial charge is 0.350 e. The molecule has 1 aliphatic rings. The molecule has 4 rings (SSSR count). The van der Waals surface area contributed by atoms with Crippen molar-refractivity contribution in [3.63, 3.8) is 0 Å². The molecule has 7 heteroatoms. The summed E-state index contributed by atoms with van der Waals surface area (Å²) < 4.78 is 0. The van der Waals surface area contributed by atoms with Gasteiger partial charge in [0.25, 0.3) is 0 Å². The van der Waals surface area contributed by atoms with Crippen LogP contribution in [-0.4, -0.2) is 28.1 Å². The Morgan fingerprint density at radius 2 is 1.87 bits per heavy atom. The highest BCUT2D eigenvalue weighted by Gasteiger charge is 2.52. The third-order valence-electron chi connectivity index (χ3n) is 5.15. The summed E-state index contributed by atoms with van der Waals surface area (Å²) in [6, 6.07) is 19.0. The molecule has 1 aliphatic heterocycles. The Balaban J connectivity index is 1.41. The van der Waals surface area contributed by atoms with E-state index < -0.39 is 29.1 Å². The Bertz CT molecular complexity index is 1080. The maximum Gasteiger partial charge on any atom is 0.241 e. The quantitative estimate of drug-likeness (QED) is 0.602. The van der Waals surface area contributed by atoms with Crippen LogP contribution in [0.2, 0.25) is 0 Å². The van der Waals surface area contributed by atoms with Gasteiger partial charge in [-0.1, -0.05) is 36.4 Å². The fourth-order valence-corrected chi connectivity index (χ4v) is 4.54. The molecule has 2 unspecified atom stereocenters. The van der Waals surface area contributed by atoms with Gasteiger partial charge < -0.3 is 10.6 Å². The third-order valence-corrected chi connectivity index (χ3v) is 6.25. The van der Waals surface area contributed by atoms with E-state index in [0.29, 0.717) is 6.42 Å². The fraction of sp³-hybridized carbons (Fsp3) is 0.217. The number of Topliss-reactive ketones (excluding diaryl/α,β-unsaturated/α-hetero) is 1. The van der Waals surface area contributed by atoms with Crippen molar-refractivity contribution in [2.75, 3.05) is 0 Å². The number of carbonyl (C=O) groups is 3. The number of ketones is 1. The zero-order valence-corrected chi connectivity index (χ0v) is 17.2. The number of rotatable bonds is 6. The number of carbonyl (C=O) groups excluding carboxylic acids is 3. The molecule has 3 aromatic rings. The molecule has 2 N–H and O–H groups in total. The van der Waals surface area contributed by atoms with Crippen LogP contribution < -0.4 is 10.6 Å². The predicted octanol–water partition coefficient (Wildman–Crippen LogP) is 2.74. The van der Waals surface area contributed by atoms with Crippen molar-refractivity contribution >= 4 is 28.9 Å². The van der Waals surface area contributed by atoms with Crippen molar-refractivity contribution in [2.24, 2.45) is 5.92 Å². The molecule has 2 amide bonds. The van der Waals surface area contributed by atoms with Gasteiger partial charge in [-0.3, -0.25) is 19.4 Å². The first-order valence-corrected chi connectivity index (χ1v) is 10.5. The average Bonchev–Trinajstić information content (AvgIpc) is 3.30.